The second-order valence-electron chi connectivity index (χ2n) is 4.80. The first-order valence-corrected chi connectivity index (χ1v) is 6.83. The molecule has 0 aliphatic heterocycles. The van der Waals surface area contributed by atoms with Crippen LogP contribution in [0.2, 0.25) is 0 Å². The van der Waals surface area contributed by atoms with Crippen molar-refractivity contribution in [3.05, 3.63) is 66.0 Å². The van der Waals surface area contributed by atoms with Crippen molar-refractivity contribution in [3.63, 3.8) is 0 Å². The standard InChI is InChI=1S/C17H16N4.ClH/c1-12-6-2-3-7-14(12)17-20-13(11-18)10-16(21-17)15-8-4-5-9-19-15;/h2-10H,11,18H2,1H3;1H. The lowest BCUT2D eigenvalue weighted by Gasteiger charge is -2.08. The van der Waals surface area contributed by atoms with Crippen molar-refractivity contribution in [1.82, 2.24) is 15.0 Å². The number of hydrogen-bond donors (Lipinski definition) is 1. The maximum atomic E-state index is 5.77. The van der Waals surface area contributed by atoms with Crippen LogP contribution in [0.15, 0.2) is 54.7 Å². The summed E-state index contributed by atoms with van der Waals surface area (Å²) in [6.45, 7) is 2.43. The lowest BCUT2D eigenvalue weighted by Crippen LogP contribution is -2.04. The van der Waals surface area contributed by atoms with Gasteiger partial charge in [0.15, 0.2) is 5.82 Å². The van der Waals surface area contributed by atoms with Crippen LogP contribution in [0.3, 0.4) is 0 Å². The van der Waals surface area contributed by atoms with Crippen LogP contribution in [0.25, 0.3) is 22.8 Å². The largest absolute Gasteiger partial charge is 0.325 e. The van der Waals surface area contributed by atoms with Gasteiger partial charge in [-0.15, -0.1) is 12.4 Å². The van der Waals surface area contributed by atoms with Crippen LogP contribution in [-0.4, -0.2) is 15.0 Å². The first-order valence-electron chi connectivity index (χ1n) is 6.83. The minimum absolute atomic E-state index is 0. The average Bonchev–Trinajstić information content (AvgIpc) is 2.55. The summed E-state index contributed by atoms with van der Waals surface area (Å²) in [7, 11) is 0. The van der Waals surface area contributed by atoms with Gasteiger partial charge in [0.05, 0.1) is 17.1 Å². The van der Waals surface area contributed by atoms with Gasteiger partial charge in [0.25, 0.3) is 0 Å². The van der Waals surface area contributed by atoms with Crippen molar-refractivity contribution in [2.45, 2.75) is 13.5 Å². The third-order valence-corrected chi connectivity index (χ3v) is 3.30. The van der Waals surface area contributed by atoms with Gasteiger partial charge in [-0.25, -0.2) is 9.97 Å². The predicted molar refractivity (Wildman–Crippen MR) is 90.6 cm³/mol. The van der Waals surface area contributed by atoms with E-state index in [1.54, 1.807) is 6.20 Å². The van der Waals surface area contributed by atoms with Gasteiger partial charge in [-0.1, -0.05) is 30.3 Å². The molecule has 3 aromatic rings. The molecule has 0 saturated heterocycles. The molecule has 1 aromatic carbocycles. The van der Waals surface area contributed by atoms with E-state index in [1.807, 2.05) is 55.5 Å². The molecule has 0 bridgehead atoms. The lowest BCUT2D eigenvalue weighted by molar-refractivity contribution is 0.969. The molecule has 0 aliphatic carbocycles. The Balaban J connectivity index is 0.00000176. The third kappa shape index (κ3) is 3.30. The minimum atomic E-state index is 0. The molecule has 3 rings (SSSR count). The summed E-state index contributed by atoms with van der Waals surface area (Å²) in [5.74, 6) is 0.691. The topological polar surface area (TPSA) is 64.7 Å². The van der Waals surface area contributed by atoms with E-state index in [-0.39, 0.29) is 12.4 Å². The van der Waals surface area contributed by atoms with Gasteiger partial charge in [0.2, 0.25) is 0 Å². The van der Waals surface area contributed by atoms with Crippen molar-refractivity contribution >= 4 is 12.4 Å². The summed E-state index contributed by atoms with van der Waals surface area (Å²) in [6.07, 6.45) is 1.76. The van der Waals surface area contributed by atoms with E-state index in [2.05, 4.69) is 15.0 Å². The van der Waals surface area contributed by atoms with Gasteiger partial charge in [0, 0.05) is 18.3 Å². The lowest BCUT2D eigenvalue weighted by atomic mass is 10.1. The van der Waals surface area contributed by atoms with Gasteiger partial charge in [0.1, 0.15) is 0 Å². The molecule has 0 aliphatic rings. The van der Waals surface area contributed by atoms with Crippen molar-refractivity contribution in [1.29, 1.82) is 0 Å². The summed E-state index contributed by atoms with van der Waals surface area (Å²) >= 11 is 0. The van der Waals surface area contributed by atoms with Crippen LogP contribution in [-0.2, 0) is 6.54 Å². The zero-order chi connectivity index (χ0) is 14.7. The van der Waals surface area contributed by atoms with Crippen molar-refractivity contribution < 1.29 is 0 Å². The third-order valence-electron chi connectivity index (χ3n) is 3.30. The van der Waals surface area contributed by atoms with Crippen LogP contribution in [0, 0.1) is 6.92 Å². The van der Waals surface area contributed by atoms with Gasteiger partial charge in [-0.05, 0) is 30.7 Å². The van der Waals surface area contributed by atoms with Gasteiger partial charge in [-0.3, -0.25) is 4.98 Å². The quantitative estimate of drug-likeness (QED) is 0.805. The Hall–Kier alpha value is -2.30. The Bertz CT molecular complexity index is 760. The number of aryl methyl sites for hydroxylation is 1. The first kappa shape index (κ1) is 16.1. The summed E-state index contributed by atoms with van der Waals surface area (Å²) in [4.78, 5) is 13.5. The Morgan fingerprint density at radius 3 is 2.41 bits per heavy atom. The molecular weight excluding hydrogens is 296 g/mol. The van der Waals surface area contributed by atoms with Crippen molar-refractivity contribution in [3.8, 4) is 22.8 Å². The summed E-state index contributed by atoms with van der Waals surface area (Å²) in [5, 5.41) is 0. The zero-order valence-corrected chi connectivity index (χ0v) is 13.0. The molecule has 5 heteroatoms. The molecule has 0 unspecified atom stereocenters. The number of benzene rings is 1. The summed E-state index contributed by atoms with van der Waals surface area (Å²) in [6, 6.07) is 15.7. The van der Waals surface area contributed by atoms with Crippen molar-refractivity contribution in [2.24, 2.45) is 5.73 Å². The molecule has 0 fully saturated rings. The van der Waals surface area contributed by atoms with Crippen LogP contribution >= 0.6 is 12.4 Å². The zero-order valence-electron chi connectivity index (χ0n) is 12.2. The molecule has 112 valence electrons. The van der Waals surface area contributed by atoms with E-state index >= 15 is 0 Å². The number of aromatic nitrogens is 3. The highest BCUT2D eigenvalue weighted by atomic mass is 35.5. The fraction of sp³-hybridized carbons (Fsp3) is 0.118. The number of nitrogens with zero attached hydrogens (tertiary/aromatic N) is 3. The monoisotopic (exact) mass is 312 g/mol. The molecule has 2 N–H and O–H groups in total. The highest BCUT2D eigenvalue weighted by Gasteiger charge is 2.10. The van der Waals surface area contributed by atoms with E-state index in [0.717, 1.165) is 28.2 Å². The molecule has 0 saturated carbocycles. The average molecular weight is 313 g/mol. The first-order chi connectivity index (χ1) is 10.3. The molecular formula is C17H17ClN4. The van der Waals surface area contributed by atoms with Crippen LogP contribution in [0.4, 0.5) is 0 Å². The fourth-order valence-corrected chi connectivity index (χ4v) is 2.19. The van der Waals surface area contributed by atoms with E-state index in [4.69, 9.17) is 5.73 Å². The van der Waals surface area contributed by atoms with E-state index < -0.39 is 0 Å². The Morgan fingerprint density at radius 2 is 1.73 bits per heavy atom. The highest BCUT2D eigenvalue weighted by Crippen LogP contribution is 2.23. The smallest absolute Gasteiger partial charge is 0.160 e. The fourth-order valence-electron chi connectivity index (χ4n) is 2.19. The maximum absolute atomic E-state index is 5.77. The highest BCUT2D eigenvalue weighted by molar-refractivity contribution is 5.85. The number of hydrogen-bond acceptors (Lipinski definition) is 4. The van der Waals surface area contributed by atoms with Crippen LogP contribution < -0.4 is 5.73 Å². The predicted octanol–water partition coefficient (Wildman–Crippen LogP) is 3.39. The summed E-state index contributed by atoms with van der Waals surface area (Å²) < 4.78 is 0. The molecule has 22 heavy (non-hydrogen) atoms. The molecule has 0 atom stereocenters. The summed E-state index contributed by atoms with van der Waals surface area (Å²) in [5.41, 5.74) is 10.4. The van der Waals surface area contributed by atoms with Crippen molar-refractivity contribution in [2.75, 3.05) is 0 Å². The molecule has 0 radical (unpaired) electrons. The maximum Gasteiger partial charge on any atom is 0.160 e. The second-order valence-corrected chi connectivity index (χ2v) is 4.80. The van der Waals surface area contributed by atoms with Gasteiger partial charge in [-0.2, -0.15) is 0 Å². The SMILES string of the molecule is Cc1ccccc1-c1nc(CN)cc(-c2ccccn2)n1.Cl. The number of rotatable bonds is 3. The second kappa shape index (κ2) is 7.11. The molecule has 0 spiro atoms. The van der Waals surface area contributed by atoms with Gasteiger partial charge >= 0.3 is 0 Å². The Labute approximate surface area is 135 Å². The van der Waals surface area contributed by atoms with Crippen LogP contribution in [0.1, 0.15) is 11.3 Å². The van der Waals surface area contributed by atoms with Crippen LogP contribution in [0.5, 0.6) is 0 Å². The molecule has 2 aromatic heterocycles. The Morgan fingerprint density at radius 1 is 0.955 bits per heavy atom. The number of halogens is 1. The minimum Gasteiger partial charge on any atom is -0.325 e. The number of nitrogens with two attached hydrogens (primary N) is 1. The normalized spacial score (nSPS) is 10.1. The molecule has 0 amide bonds. The van der Waals surface area contributed by atoms with E-state index in [0.29, 0.717) is 12.4 Å². The molecule has 4 nitrogen and oxygen atoms in total. The van der Waals surface area contributed by atoms with E-state index in [1.165, 1.54) is 0 Å². The van der Waals surface area contributed by atoms with E-state index in [9.17, 15) is 0 Å². The molecule has 2 heterocycles. The van der Waals surface area contributed by atoms with Gasteiger partial charge < -0.3 is 5.73 Å². The Kier molecular flexibility index (Phi) is 5.20. The number of pyridine rings is 1.